The van der Waals surface area contributed by atoms with Gasteiger partial charge in [-0.3, -0.25) is 4.79 Å². The number of rotatable bonds is 3. The van der Waals surface area contributed by atoms with Gasteiger partial charge in [0.15, 0.2) is 5.79 Å². The van der Waals surface area contributed by atoms with Gasteiger partial charge in [-0.05, 0) is 13.3 Å². The van der Waals surface area contributed by atoms with Crippen LogP contribution >= 0.6 is 0 Å². The van der Waals surface area contributed by atoms with Crippen molar-refractivity contribution >= 4 is 5.97 Å². The molecule has 2 fully saturated rings. The number of carbonyl (C=O) groups excluding carboxylic acids is 1. The van der Waals surface area contributed by atoms with Crippen LogP contribution in [0.4, 0.5) is 0 Å². The first-order valence-electron chi connectivity index (χ1n) is 5.24. The highest BCUT2D eigenvalue weighted by Gasteiger charge is 2.38. The molecule has 0 spiro atoms. The van der Waals surface area contributed by atoms with Crippen molar-refractivity contribution < 1.29 is 24.1 Å². The monoisotopic (exact) mass is 216 g/mol. The normalized spacial score (nSPS) is 31.6. The third kappa shape index (κ3) is 2.48. The lowest BCUT2D eigenvalue weighted by molar-refractivity contribution is -0.176. The number of cyclic esters (lactones) is 1. The summed E-state index contributed by atoms with van der Waals surface area (Å²) in [5, 5.41) is 9.86. The molecule has 0 aliphatic carbocycles. The Bertz CT molecular complexity index is 246. The van der Waals surface area contributed by atoms with Crippen LogP contribution in [-0.4, -0.2) is 42.3 Å². The van der Waals surface area contributed by atoms with E-state index in [-0.39, 0.29) is 5.97 Å². The zero-order chi connectivity index (χ0) is 10.9. The topological polar surface area (TPSA) is 65.0 Å². The minimum absolute atomic E-state index is 0.238. The highest BCUT2D eigenvalue weighted by atomic mass is 16.7. The standard InChI is InChI=1S/C10H16O5/c1-10(13-4-5-14-10)6-7(11)8-2-3-9(12)15-8/h7-8,11H,2-6H2,1H3/t7-,8-/m0/s1. The van der Waals surface area contributed by atoms with E-state index in [0.717, 1.165) is 0 Å². The molecule has 2 heterocycles. The molecule has 15 heavy (non-hydrogen) atoms. The van der Waals surface area contributed by atoms with Crippen LogP contribution in [0.3, 0.4) is 0 Å². The van der Waals surface area contributed by atoms with Crippen LogP contribution in [0.1, 0.15) is 26.2 Å². The predicted octanol–water partition coefficient (Wildman–Crippen LogP) is 0.206. The van der Waals surface area contributed by atoms with Crippen LogP contribution in [0.25, 0.3) is 0 Å². The van der Waals surface area contributed by atoms with Crippen LogP contribution in [0.2, 0.25) is 0 Å². The van der Waals surface area contributed by atoms with Crippen LogP contribution in [0.15, 0.2) is 0 Å². The number of esters is 1. The second-order valence-electron chi connectivity index (χ2n) is 4.17. The molecular weight excluding hydrogens is 200 g/mol. The molecule has 5 nitrogen and oxygen atoms in total. The minimum atomic E-state index is -0.728. The van der Waals surface area contributed by atoms with Gasteiger partial charge in [0.2, 0.25) is 0 Å². The molecule has 2 rings (SSSR count). The lowest BCUT2D eigenvalue weighted by Crippen LogP contribution is -2.37. The molecule has 2 atom stereocenters. The van der Waals surface area contributed by atoms with Gasteiger partial charge >= 0.3 is 5.97 Å². The van der Waals surface area contributed by atoms with Crippen molar-refractivity contribution in [2.75, 3.05) is 13.2 Å². The number of carbonyl (C=O) groups is 1. The zero-order valence-electron chi connectivity index (χ0n) is 8.77. The maximum absolute atomic E-state index is 10.9. The van der Waals surface area contributed by atoms with Crippen molar-refractivity contribution in [1.82, 2.24) is 0 Å². The van der Waals surface area contributed by atoms with E-state index in [2.05, 4.69) is 0 Å². The van der Waals surface area contributed by atoms with E-state index in [1.165, 1.54) is 0 Å². The third-order valence-corrected chi connectivity index (χ3v) is 2.82. The van der Waals surface area contributed by atoms with Gasteiger partial charge in [0.1, 0.15) is 6.10 Å². The Labute approximate surface area is 88.3 Å². The first kappa shape index (κ1) is 10.9. The Balaban J connectivity index is 1.86. The average molecular weight is 216 g/mol. The van der Waals surface area contributed by atoms with Crippen molar-refractivity contribution in [3.8, 4) is 0 Å². The van der Waals surface area contributed by atoms with E-state index in [4.69, 9.17) is 14.2 Å². The predicted molar refractivity (Wildman–Crippen MR) is 50.0 cm³/mol. The molecule has 0 radical (unpaired) electrons. The van der Waals surface area contributed by atoms with Gasteiger partial charge in [0, 0.05) is 12.8 Å². The van der Waals surface area contributed by atoms with E-state index >= 15 is 0 Å². The van der Waals surface area contributed by atoms with Gasteiger partial charge in [-0.1, -0.05) is 0 Å². The summed E-state index contributed by atoms with van der Waals surface area (Å²) < 4.78 is 15.7. The quantitative estimate of drug-likeness (QED) is 0.683. The molecule has 0 aromatic heterocycles. The number of aliphatic hydroxyl groups is 1. The van der Waals surface area contributed by atoms with E-state index in [1.807, 2.05) is 0 Å². The van der Waals surface area contributed by atoms with Crippen LogP contribution < -0.4 is 0 Å². The Morgan fingerprint density at radius 2 is 2.20 bits per heavy atom. The van der Waals surface area contributed by atoms with E-state index in [1.54, 1.807) is 6.92 Å². The van der Waals surface area contributed by atoms with Crippen molar-refractivity contribution in [3.05, 3.63) is 0 Å². The summed E-state index contributed by atoms with van der Waals surface area (Å²) in [6, 6.07) is 0. The highest BCUT2D eigenvalue weighted by molar-refractivity contribution is 5.71. The Kier molecular flexibility index (Phi) is 2.95. The molecule has 0 amide bonds. The Morgan fingerprint density at radius 3 is 2.73 bits per heavy atom. The smallest absolute Gasteiger partial charge is 0.306 e. The molecule has 5 heteroatoms. The molecule has 2 aliphatic rings. The van der Waals surface area contributed by atoms with Gasteiger partial charge in [-0.2, -0.15) is 0 Å². The number of aliphatic hydroxyl groups excluding tert-OH is 1. The number of hydrogen-bond acceptors (Lipinski definition) is 5. The SMILES string of the molecule is CC1(C[C@H](O)[C@@H]2CCC(=O)O2)OCCO1. The first-order chi connectivity index (χ1) is 7.09. The summed E-state index contributed by atoms with van der Waals surface area (Å²) in [6.07, 6.45) is 0.197. The van der Waals surface area contributed by atoms with Gasteiger partial charge < -0.3 is 19.3 Å². The fraction of sp³-hybridized carbons (Fsp3) is 0.900. The lowest BCUT2D eigenvalue weighted by Gasteiger charge is -2.27. The molecule has 0 saturated carbocycles. The molecule has 0 unspecified atom stereocenters. The fourth-order valence-corrected chi connectivity index (χ4v) is 2.00. The summed E-state index contributed by atoms with van der Waals surface area (Å²) >= 11 is 0. The summed E-state index contributed by atoms with van der Waals surface area (Å²) in [6.45, 7) is 2.89. The lowest BCUT2D eigenvalue weighted by atomic mass is 10.0. The van der Waals surface area contributed by atoms with Gasteiger partial charge in [0.05, 0.1) is 19.3 Å². The fourth-order valence-electron chi connectivity index (χ4n) is 2.00. The maximum atomic E-state index is 10.9. The molecule has 2 saturated heterocycles. The van der Waals surface area contributed by atoms with E-state index < -0.39 is 18.0 Å². The van der Waals surface area contributed by atoms with Crippen LogP contribution in [0.5, 0.6) is 0 Å². The third-order valence-electron chi connectivity index (χ3n) is 2.82. The van der Waals surface area contributed by atoms with Crippen LogP contribution in [0, 0.1) is 0 Å². The molecule has 0 bridgehead atoms. The molecule has 86 valence electrons. The molecule has 1 N–H and O–H groups in total. The van der Waals surface area contributed by atoms with E-state index in [9.17, 15) is 9.90 Å². The minimum Gasteiger partial charge on any atom is -0.460 e. The highest BCUT2D eigenvalue weighted by Crippen LogP contribution is 2.28. The first-order valence-corrected chi connectivity index (χ1v) is 5.24. The van der Waals surface area contributed by atoms with Crippen molar-refractivity contribution in [3.63, 3.8) is 0 Å². The van der Waals surface area contributed by atoms with Gasteiger partial charge in [-0.25, -0.2) is 0 Å². The summed E-state index contributed by atoms with van der Waals surface area (Å²) in [4.78, 5) is 10.9. The molecular formula is C10H16O5. The van der Waals surface area contributed by atoms with Crippen molar-refractivity contribution in [2.45, 2.75) is 44.2 Å². The largest absolute Gasteiger partial charge is 0.460 e. The summed E-state index contributed by atoms with van der Waals surface area (Å²) in [5.74, 6) is -0.966. The average Bonchev–Trinajstić information content (AvgIpc) is 2.75. The summed E-state index contributed by atoms with van der Waals surface area (Å²) in [5.41, 5.74) is 0. The summed E-state index contributed by atoms with van der Waals surface area (Å²) in [7, 11) is 0. The van der Waals surface area contributed by atoms with Crippen molar-refractivity contribution in [2.24, 2.45) is 0 Å². The number of ether oxygens (including phenoxy) is 3. The Morgan fingerprint density at radius 1 is 1.53 bits per heavy atom. The molecule has 0 aromatic carbocycles. The van der Waals surface area contributed by atoms with E-state index in [0.29, 0.717) is 32.5 Å². The van der Waals surface area contributed by atoms with Gasteiger partial charge in [0.25, 0.3) is 0 Å². The van der Waals surface area contributed by atoms with Crippen LogP contribution in [-0.2, 0) is 19.0 Å². The zero-order valence-corrected chi connectivity index (χ0v) is 8.77. The maximum Gasteiger partial charge on any atom is 0.306 e. The molecule has 2 aliphatic heterocycles. The second kappa shape index (κ2) is 4.08. The van der Waals surface area contributed by atoms with Gasteiger partial charge in [-0.15, -0.1) is 0 Å². The Hall–Kier alpha value is -0.650. The second-order valence-corrected chi connectivity index (χ2v) is 4.17. The number of hydrogen-bond donors (Lipinski definition) is 1. The molecule has 0 aromatic rings. The van der Waals surface area contributed by atoms with Crippen molar-refractivity contribution in [1.29, 1.82) is 0 Å².